The van der Waals surface area contributed by atoms with E-state index in [0.29, 0.717) is 10.4 Å². The zero-order chi connectivity index (χ0) is 9.14. The second kappa shape index (κ2) is 4.04. The highest BCUT2D eigenvalue weighted by atomic mass is 32.2. The minimum atomic E-state index is 0.164. The van der Waals surface area contributed by atoms with Gasteiger partial charge in [-0.1, -0.05) is 23.5 Å². The first kappa shape index (κ1) is 9.73. The Kier molecular flexibility index (Phi) is 3.28. The normalized spacial score (nSPS) is 23.2. The molecule has 0 aromatic carbocycles. The Labute approximate surface area is 80.3 Å². The van der Waals surface area contributed by atoms with Crippen LogP contribution in [0.3, 0.4) is 0 Å². The smallest absolute Gasteiger partial charge is 0.156 e. The van der Waals surface area contributed by atoms with Crippen LogP contribution in [0, 0.1) is 10.8 Å². The molecule has 0 aromatic heterocycles. The van der Waals surface area contributed by atoms with Crippen molar-refractivity contribution in [2.45, 2.75) is 5.25 Å². The zero-order valence-electron chi connectivity index (χ0n) is 6.83. The van der Waals surface area contributed by atoms with Crippen molar-refractivity contribution in [2.75, 3.05) is 19.3 Å². The van der Waals surface area contributed by atoms with Gasteiger partial charge in [-0.05, 0) is 0 Å². The third kappa shape index (κ3) is 2.60. The number of nitrogens with one attached hydrogen (secondary N) is 2. The van der Waals surface area contributed by atoms with Gasteiger partial charge in [-0.3, -0.25) is 10.8 Å². The van der Waals surface area contributed by atoms with Gasteiger partial charge in [0.2, 0.25) is 0 Å². The summed E-state index contributed by atoms with van der Waals surface area (Å²) in [5, 5.41) is 15.7. The maximum atomic E-state index is 7.47. The van der Waals surface area contributed by atoms with Crippen LogP contribution >= 0.6 is 23.5 Å². The van der Waals surface area contributed by atoms with Gasteiger partial charge in [-0.25, -0.2) is 0 Å². The SMILES string of the molecule is CN1CC(CSC(=N)N)SC1=N. The maximum absolute atomic E-state index is 7.47. The molecule has 4 N–H and O–H groups in total. The van der Waals surface area contributed by atoms with Crippen molar-refractivity contribution < 1.29 is 0 Å². The van der Waals surface area contributed by atoms with Crippen LogP contribution < -0.4 is 5.73 Å². The van der Waals surface area contributed by atoms with Crippen LogP contribution in [0.4, 0.5) is 0 Å². The molecule has 1 unspecified atom stereocenters. The molecule has 1 atom stereocenters. The lowest BCUT2D eigenvalue weighted by Gasteiger charge is -2.08. The molecule has 4 nitrogen and oxygen atoms in total. The van der Waals surface area contributed by atoms with Crippen molar-refractivity contribution in [1.82, 2.24) is 4.90 Å². The first-order valence-corrected chi connectivity index (χ1v) is 5.39. The van der Waals surface area contributed by atoms with Crippen LogP contribution in [0.1, 0.15) is 0 Å². The van der Waals surface area contributed by atoms with Crippen LogP contribution in [0.15, 0.2) is 0 Å². The molecule has 1 rings (SSSR count). The summed E-state index contributed by atoms with van der Waals surface area (Å²) in [6.07, 6.45) is 0. The molecule has 1 fully saturated rings. The van der Waals surface area contributed by atoms with Gasteiger partial charge in [0.25, 0.3) is 0 Å². The summed E-state index contributed by atoms with van der Waals surface area (Å²) < 4.78 is 0. The topological polar surface area (TPSA) is 77.0 Å². The number of rotatable bonds is 2. The van der Waals surface area contributed by atoms with Crippen LogP contribution in [0.5, 0.6) is 0 Å². The van der Waals surface area contributed by atoms with Gasteiger partial charge in [0.15, 0.2) is 10.3 Å². The Morgan fingerprint density at radius 2 is 2.58 bits per heavy atom. The second-order valence-corrected chi connectivity index (χ2v) is 4.95. The van der Waals surface area contributed by atoms with Crippen molar-refractivity contribution in [3.63, 3.8) is 0 Å². The third-order valence-electron chi connectivity index (χ3n) is 1.53. The number of hydrogen-bond acceptors (Lipinski definition) is 4. The monoisotopic (exact) mass is 204 g/mol. The summed E-state index contributed by atoms with van der Waals surface area (Å²) >= 11 is 2.90. The Bertz CT molecular complexity index is 206. The van der Waals surface area contributed by atoms with Gasteiger partial charge >= 0.3 is 0 Å². The van der Waals surface area contributed by atoms with Crippen molar-refractivity contribution in [3.8, 4) is 0 Å². The summed E-state index contributed by atoms with van der Waals surface area (Å²) in [4.78, 5) is 1.91. The van der Waals surface area contributed by atoms with E-state index in [4.69, 9.17) is 16.6 Å². The van der Waals surface area contributed by atoms with Crippen LogP contribution in [0.2, 0.25) is 0 Å². The molecule has 0 aliphatic carbocycles. The highest BCUT2D eigenvalue weighted by Gasteiger charge is 2.24. The van der Waals surface area contributed by atoms with Crippen LogP contribution in [-0.2, 0) is 0 Å². The summed E-state index contributed by atoms with van der Waals surface area (Å²) in [6, 6.07) is 0. The van der Waals surface area contributed by atoms with E-state index in [9.17, 15) is 0 Å². The molecule has 0 bridgehead atoms. The van der Waals surface area contributed by atoms with Gasteiger partial charge in [-0.15, -0.1) is 0 Å². The Hall–Kier alpha value is -0.360. The van der Waals surface area contributed by atoms with E-state index in [1.165, 1.54) is 11.8 Å². The zero-order valence-corrected chi connectivity index (χ0v) is 8.47. The lowest BCUT2D eigenvalue weighted by Crippen LogP contribution is -2.21. The second-order valence-electron chi connectivity index (χ2n) is 2.60. The van der Waals surface area contributed by atoms with Gasteiger partial charge in [0.1, 0.15) is 0 Å². The molecular weight excluding hydrogens is 192 g/mol. The Balaban J connectivity index is 2.28. The fourth-order valence-corrected chi connectivity index (χ4v) is 2.76. The molecular formula is C6H12N4S2. The largest absolute Gasteiger partial charge is 0.379 e. The van der Waals surface area contributed by atoms with E-state index >= 15 is 0 Å². The quantitative estimate of drug-likeness (QED) is 0.454. The molecule has 0 aromatic rings. The number of thioether (sulfide) groups is 2. The van der Waals surface area contributed by atoms with E-state index < -0.39 is 0 Å². The summed E-state index contributed by atoms with van der Waals surface area (Å²) in [5.41, 5.74) is 5.21. The molecule has 1 aliphatic heterocycles. The fraction of sp³-hybridized carbons (Fsp3) is 0.667. The van der Waals surface area contributed by atoms with Crippen molar-refractivity contribution >= 4 is 33.9 Å². The van der Waals surface area contributed by atoms with E-state index in [2.05, 4.69) is 0 Å². The number of hydrogen-bond donors (Lipinski definition) is 3. The molecule has 1 aliphatic rings. The highest BCUT2D eigenvalue weighted by molar-refractivity contribution is 8.17. The van der Waals surface area contributed by atoms with E-state index in [0.717, 1.165) is 12.3 Å². The molecule has 12 heavy (non-hydrogen) atoms. The lowest BCUT2D eigenvalue weighted by atomic mass is 10.4. The van der Waals surface area contributed by atoms with E-state index in [1.54, 1.807) is 11.8 Å². The standard InChI is InChI=1S/C6H12N4S2/c1-10-2-4(12-6(10)9)3-11-5(7)8/h4,9H,2-3H2,1H3,(H3,7,8). The average Bonchev–Trinajstić information content (AvgIpc) is 2.28. The predicted octanol–water partition coefficient (Wildman–Crippen LogP) is 0.595. The Morgan fingerprint density at radius 3 is 3.00 bits per heavy atom. The number of nitrogens with two attached hydrogens (primary N) is 1. The third-order valence-corrected chi connectivity index (χ3v) is 3.80. The maximum Gasteiger partial charge on any atom is 0.156 e. The molecule has 0 saturated carbocycles. The van der Waals surface area contributed by atoms with Crippen molar-refractivity contribution in [2.24, 2.45) is 5.73 Å². The minimum absolute atomic E-state index is 0.164. The van der Waals surface area contributed by atoms with Crippen LogP contribution in [-0.4, -0.2) is 39.8 Å². The van der Waals surface area contributed by atoms with E-state index in [-0.39, 0.29) is 5.17 Å². The lowest BCUT2D eigenvalue weighted by molar-refractivity contribution is 0.532. The van der Waals surface area contributed by atoms with Gasteiger partial charge in [0, 0.05) is 24.6 Å². The first-order valence-electron chi connectivity index (χ1n) is 3.52. The summed E-state index contributed by atoms with van der Waals surface area (Å²) in [5.74, 6) is 0.826. The van der Waals surface area contributed by atoms with Gasteiger partial charge < -0.3 is 10.6 Å². The Morgan fingerprint density at radius 1 is 1.92 bits per heavy atom. The highest BCUT2D eigenvalue weighted by Crippen LogP contribution is 2.25. The number of nitrogens with zero attached hydrogens (tertiary/aromatic N) is 1. The summed E-state index contributed by atoms with van der Waals surface area (Å²) in [6.45, 7) is 0.893. The summed E-state index contributed by atoms with van der Waals surface area (Å²) in [7, 11) is 1.91. The average molecular weight is 204 g/mol. The van der Waals surface area contributed by atoms with Gasteiger partial charge in [-0.2, -0.15) is 0 Å². The van der Waals surface area contributed by atoms with Crippen molar-refractivity contribution in [1.29, 1.82) is 10.8 Å². The van der Waals surface area contributed by atoms with Crippen molar-refractivity contribution in [3.05, 3.63) is 0 Å². The molecule has 0 spiro atoms. The first-order chi connectivity index (χ1) is 5.59. The molecule has 1 saturated heterocycles. The van der Waals surface area contributed by atoms with Crippen LogP contribution in [0.25, 0.3) is 0 Å². The fourth-order valence-electron chi connectivity index (χ4n) is 0.943. The molecule has 0 amide bonds. The molecule has 6 heteroatoms. The molecule has 0 radical (unpaired) electrons. The molecule has 1 heterocycles. The van der Waals surface area contributed by atoms with E-state index in [1.807, 2.05) is 11.9 Å². The minimum Gasteiger partial charge on any atom is -0.379 e. The number of amidine groups is 2. The molecule has 68 valence electrons. The predicted molar refractivity (Wildman–Crippen MR) is 56.1 cm³/mol. The van der Waals surface area contributed by atoms with Gasteiger partial charge in [0.05, 0.1) is 0 Å².